The molecule has 0 amide bonds. The molecule has 0 N–H and O–H groups in total. The van der Waals surface area contributed by atoms with E-state index < -0.39 is 23.5 Å². The number of carbonyl (C=O) groups excluding carboxylic acids is 1. The van der Waals surface area contributed by atoms with Crippen molar-refractivity contribution < 1.29 is 27.4 Å². The predicted molar refractivity (Wildman–Crippen MR) is 96.6 cm³/mol. The van der Waals surface area contributed by atoms with E-state index in [2.05, 4.69) is 4.74 Å². The second-order valence-electron chi connectivity index (χ2n) is 6.12. The number of alkyl halides is 3. The first-order valence-electron chi connectivity index (χ1n) is 8.02. The highest BCUT2D eigenvalue weighted by molar-refractivity contribution is 6.33. The van der Waals surface area contributed by atoms with Gasteiger partial charge in [-0.05, 0) is 44.3 Å². The van der Waals surface area contributed by atoms with E-state index >= 15 is 0 Å². The van der Waals surface area contributed by atoms with Crippen molar-refractivity contribution >= 4 is 17.6 Å². The summed E-state index contributed by atoms with van der Waals surface area (Å²) in [4.78, 5) is 13.6. The van der Waals surface area contributed by atoms with Crippen LogP contribution in [0.5, 0.6) is 11.5 Å². The van der Waals surface area contributed by atoms with Crippen molar-refractivity contribution in [3.63, 3.8) is 0 Å². The molecule has 2 aromatic rings. The quantitative estimate of drug-likeness (QED) is 0.635. The molecule has 0 fully saturated rings. The number of esters is 1. The lowest BCUT2D eigenvalue weighted by atomic mass is 10.1. The van der Waals surface area contributed by atoms with E-state index in [-0.39, 0.29) is 16.3 Å². The number of benzene rings is 2. The maximum Gasteiger partial charge on any atom is 0.420 e. The molecular weight excluding hydrogens is 383 g/mol. The molecule has 0 aliphatic rings. The van der Waals surface area contributed by atoms with Crippen molar-refractivity contribution in [1.29, 1.82) is 0 Å². The summed E-state index contributed by atoms with van der Waals surface area (Å²) < 4.78 is 50.0. The first-order chi connectivity index (χ1) is 12.6. The van der Waals surface area contributed by atoms with Gasteiger partial charge in [0.1, 0.15) is 11.5 Å². The van der Waals surface area contributed by atoms with Crippen molar-refractivity contribution in [1.82, 2.24) is 4.90 Å². The molecule has 2 aromatic carbocycles. The Morgan fingerprint density at radius 1 is 1.15 bits per heavy atom. The molecular formula is C19H19ClF3NO3. The van der Waals surface area contributed by atoms with Gasteiger partial charge in [0, 0.05) is 12.6 Å². The fourth-order valence-electron chi connectivity index (χ4n) is 2.33. The van der Waals surface area contributed by atoms with Gasteiger partial charge in [0.15, 0.2) is 0 Å². The van der Waals surface area contributed by atoms with Gasteiger partial charge in [0.05, 0.1) is 23.3 Å². The molecule has 0 bridgehead atoms. The Balaban J connectivity index is 2.32. The monoisotopic (exact) mass is 401 g/mol. The van der Waals surface area contributed by atoms with Gasteiger partial charge in [0.25, 0.3) is 0 Å². The number of halogens is 4. The topological polar surface area (TPSA) is 38.8 Å². The van der Waals surface area contributed by atoms with Crippen LogP contribution in [0, 0.1) is 0 Å². The lowest BCUT2D eigenvalue weighted by Gasteiger charge is -2.16. The highest BCUT2D eigenvalue weighted by Crippen LogP contribution is 2.41. The fraction of sp³-hybridized carbons (Fsp3) is 0.316. The van der Waals surface area contributed by atoms with Crippen LogP contribution in [-0.4, -0.2) is 38.6 Å². The van der Waals surface area contributed by atoms with E-state index in [0.29, 0.717) is 6.07 Å². The van der Waals surface area contributed by atoms with Gasteiger partial charge >= 0.3 is 12.1 Å². The molecule has 0 spiro atoms. The van der Waals surface area contributed by atoms with Gasteiger partial charge in [-0.25, -0.2) is 4.79 Å². The van der Waals surface area contributed by atoms with Crippen LogP contribution >= 0.6 is 11.6 Å². The van der Waals surface area contributed by atoms with Crippen LogP contribution in [0.2, 0.25) is 5.02 Å². The van der Waals surface area contributed by atoms with Crippen molar-refractivity contribution in [2.24, 2.45) is 0 Å². The second-order valence-corrected chi connectivity index (χ2v) is 6.52. The van der Waals surface area contributed by atoms with Crippen LogP contribution in [0.1, 0.15) is 21.5 Å². The summed E-state index contributed by atoms with van der Waals surface area (Å²) >= 11 is 5.93. The molecule has 0 saturated carbocycles. The van der Waals surface area contributed by atoms with Crippen LogP contribution in [0.25, 0.3) is 0 Å². The standard InChI is InChI=1S/C19H19ClF3NO3/c1-24(2)9-8-12-4-6-13(7-5-12)27-17-11-16(20)14(18(25)26-3)10-15(17)19(21,22)23/h4-7,10-11H,8-9H2,1-3H3. The molecule has 0 aliphatic carbocycles. The van der Waals surface area contributed by atoms with Crippen LogP contribution in [0.15, 0.2) is 36.4 Å². The fourth-order valence-corrected chi connectivity index (χ4v) is 2.56. The smallest absolute Gasteiger partial charge is 0.420 e. The molecule has 8 heteroatoms. The van der Waals surface area contributed by atoms with Gasteiger partial charge in [-0.1, -0.05) is 23.7 Å². The third-order valence-electron chi connectivity index (χ3n) is 3.78. The number of hydrogen-bond acceptors (Lipinski definition) is 4. The van der Waals surface area contributed by atoms with Crippen molar-refractivity contribution in [3.8, 4) is 11.5 Å². The van der Waals surface area contributed by atoms with Gasteiger partial charge in [-0.2, -0.15) is 13.2 Å². The highest BCUT2D eigenvalue weighted by atomic mass is 35.5. The van der Waals surface area contributed by atoms with Crippen molar-refractivity contribution in [2.45, 2.75) is 12.6 Å². The maximum absolute atomic E-state index is 13.4. The third kappa shape index (κ3) is 5.61. The molecule has 0 saturated heterocycles. The van der Waals surface area contributed by atoms with E-state index in [1.165, 1.54) is 0 Å². The molecule has 0 atom stereocenters. The summed E-state index contributed by atoms with van der Waals surface area (Å²) in [5.41, 5.74) is -0.451. The normalized spacial score (nSPS) is 11.6. The zero-order valence-corrected chi connectivity index (χ0v) is 15.8. The largest absolute Gasteiger partial charge is 0.465 e. The number of rotatable bonds is 6. The molecule has 146 valence electrons. The Labute approximate surface area is 160 Å². The summed E-state index contributed by atoms with van der Waals surface area (Å²) in [5, 5.41) is -0.188. The van der Waals surface area contributed by atoms with Crippen molar-refractivity contribution in [3.05, 3.63) is 58.1 Å². The zero-order chi connectivity index (χ0) is 20.2. The number of methoxy groups -OCH3 is 1. The second kappa shape index (κ2) is 8.63. The van der Waals surface area contributed by atoms with E-state index in [0.717, 1.165) is 31.7 Å². The Morgan fingerprint density at radius 2 is 1.78 bits per heavy atom. The van der Waals surface area contributed by atoms with Crippen LogP contribution in [-0.2, 0) is 17.3 Å². The predicted octanol–water partition coefficient (Wildman–Crippen LogP) is 5.04. The first kappa shape index (κ1) is 21.1. The molecule has 2 rings (SSSR count). The summed E-state index contributed by atoms with van der Waals surface area (Å²) in [5.74, 6) is -1.21. The average molecular weight is 402 g/mol. The number of carbonyl (C=O) groups is 1. The zero-order valence-electron chi connectivity index (χ0n) is 15.1. The lowest BCUT2D eigenvalue weighted by Crippen LogP contribution is -2.14. The van der Waals surface area contributed by atoms with Crippen LogP contribution < -0.4 is 4.74 Å². The Bertz CT molecular complexity index is 805. The SMILES string of the molecule is COC(=O)c1cc(C(F)(F)F)c(Oc2ccc(CCN(C)C)cc2)cc1Cl. The van der Waals surface area contributed by atoms with Gasteiger partial charge in [-0.15, -0.1) is 0 Å². The minimum atomic E-state index is -4.73. The number of hydrogen-bond donors (Lipinski definition) is 0. The molecule has 0 aliphatic heterocycles. The summed E-state index contributed by atoms with van der Waals surface area (Å²) in [6.45, 7) is 0.850. The van der Waals surface area contributed by atoms with E-state index in [1.807, 2.05) is 19.0 Å². The Hall–Kier alpha value is -2.25. The average Bonchev–Trinajstić information content (AvgIpc) is 2.59. The molecule has 0 unspecified atom stereocenters. The number of nitrogens with zero attached hydrogens (tertiary/aromatic N) is 1. The van der Waals surface area contributed by atoms with Crippen LogP contribution in [0.3, 0.4) is 0 Å². The van der Waals surface area contributed by atoms with Gasteiger partial charge < -0.3 is 14.4 Å². The van der Waals surface area contributed by atoms with Gasteiger partial charge in [-0.3, -0.25) is 0 Å². The minimum absolute atomic E-state index is 0.188. The number of ether oxygens (including phenoxy) is 2. The maximum atomic E-state index is 13.4. The van der Waals surface area contributed by atoms with E-state index in [1.54, 1.807) is 24.3 Å². The van der Waals surface area contributed by atoms with Gasteiger partial charge in [0.2, 0.25) is 0 Å². The van der Waals surface area contributed by atoms with Crippen LogP contribution in [0.4, 0.5) is 13.2 Å². The Kier molecular flexibility index (Phi) is 6.73. The summed E-state index contributed by atoms with van der Waals surface area (Å²) in [6.07, 6.45) is -3.92. The first-order valence-corrected chi connectivity index (χ1v) is 8.40. The summed E-state index contributed by atoms with van der Waals surface area (Å²) in [7, 11) is 4.98. The summed E-state index contributed by atoms with van der Waals surface area (Å²) in [6, 6.07) is 8.36. The molecule has 4 nitrogen and oxygen atoms in total. The van der Waals surface area contributed by atoms with E-state index in [4.69, 9.17) is 16.3 Å². The number of likely N-dealkylation sites (N-methyl/N-ethyl adjacent to an activating group) is 1. The Morgan fingerprint density at radius 3 is 2.30 bits per heavy atom. The molecule has 27 heavy (non-hydrogen) atoms. The molecule has 0 aromatic heterocycles. The molecule has 0 heterocycles. The highest BCUT2D eigenvalue weighted by Gasteiger charge is 2.36. The van der Waals surface area contributed by atoms with Crippen molar-refractivity contribution in [2.75, 3.05) is 27.7 Å². The van der Waals surface area contributed by atoms with E-state index in [9.17, 15) is 18.0 Å². The molecule has 0 radical (unpaired) electrons. The lowest BCUT2D eigenvalue weighted by molar-refractivity contribution is -0.138. The third-order valence-corrected chi connectivity index (χ3v) is 4.09. The minimum Gasteiger partial charge on any atom is -0.465 e.